The third kappa shape index (κ3) is 5.41. The third-order valence-corrected chi connectivity index (χ3v) is 5.11. The van der Waals surface area contributed by atoms with E-state index in [-0.39, 0.29) is 11.9 Å². The number of pyridine rings is 1. The van der Waals surface area contributed by atoms with Gasteiger partial charge in [-0.25, -0.2) is 4.79 Å². The predicted molar refractivity (Wildman–Crippen MR) is 111 cm³/mol. The molecule has 0 bridgehead atoms. The minimum absolute atomic E-state index is 0.210. The van der Waals surface area contributed by atoms with Gasteiger partial charge in [0.25, 0.3) is 5.91 Å². The van der Waals surface area contributed by atoms with Crippen LogP contribution in [0.15, 0.2) is 41.6 Å². The van der Waals surface area contributed by atoms with Crippen molar-refractivity contribution in [3.05, 3.63) is 53.3 Å². The molecule has 3 rings (SSSR count). The molecule has 0 radical (unpaired) electrons. The van der Waals surface area contributed by atoms with Gasteiger partial charge in [-0.15, -0.1) is 0 Å². The molecule has 0 aliphatic carbocycles. The normalized spacial score (nSPS) is 15.7. The lowest BCUT2D eigenvalue weighted by molar-refractivity contribution is 0.0490. The van der Waals surface area contributed by atoms with Crippen molar-refractivity contribution in [2.75, 3.05) is 6.61 Å². The Kier molecular flexibility index (Phi) is 6.32. The fourth-order valence-electron chi connectivity index (χ4n) is 3.03. The summed E-state index contributed by atoms with van der Waals surface area (Å²) >= 11 is 1.23. The van der Waals surface area contributed by atoms with E-state index in [1.165, 1.54) is 11.9 Å². The number of fused-ring (bicyclic) bond motifs is 1. The number of amides is 2. The van der Waals surface area contributed by atoms with Gasteiger partial charge in [-0.3, -0.25) is 14.5 Å². The Morgan fingerprint density at radius 3 is 2.62 bits per heavy atom. The van der Waals surface area contributed by atoms with E-state index in [2.05, 4.69) is 15.0 Å². The molecule has 1 atom stereocenters. The number of alkyl carbamates (subject to hydrolysis) is 1. The molecule has 0 saturated heterocycles. The third-order valence-electron chi connectivity index (χ3n) is 4.31. The molecule has 2 amide bonds. The second-order valence-corrected chi connectivity index (χ2v) is 8.59. The summed E-state index contributed by atoms with van der Waals surface area (Å²) < 4.78 is 14.0. The van der Waals surface area contributed by atoms with Gasteiger partial charge in [-0.2, -0.15) is 0 Å². The summed E-state index contributed by atoms with van der Waals surface area (Å²) in [5.41, 5.74) is 1.55. The molecule has 0 unspecified atom stereocenters. The number of carbonyl (C=O) groups is 2. The predicted octanol–water partition coefficient (Wildman–Crippen LogP) is 4.18. The highest BCUT2D eigenvalue weighted by Crippen LogP contribution is 2.36. The number of carbonyl (C=O) groups excluding carboxylic acids is 2. The molecule has 0 spiro atoms. The number of nitrogens with zero attached hydrogens (tertiary/aromatic N) is 1. The first-order chi connectivity index (χ1) is 13.7. The lowest BCUT2D eigenvalue weighted by atomic mass is 9.95. The summed E-state index contributed by atoms with van der Waals surface area (Å²) in [6.45, 7) is 7.77. The highest BCUT2D eigenvalue weighted by atomic mass is 32.2. The van der Waals surface area contributed by atoms with Crippen molar-refractivity contribution in [2.24, 2.45) is 0 Å². The van der Waals surface area contributed by atoms with E-state index in [0.29, 0.717) is 24.3 Å². The number of aromatic nitrogens is 1. The molecular weight excluding hydrogens is 390 g/mol. The van der Waals surface area contributed by atoms with Crippen LogP contribution in [-0.4, -0.2) is 29.2 Å². The first-order valence-electron chi connectivity index (χ1n) is 9.37. The Morgan fingerprint density at radius 1 is 1.21 bits per heavy atom. The Morgan fingerprint density at radius 2 is 1.93 bits per heavy atom. The smallest absolute Gasteiger partial charge is 0.408 e. The number of hydrogen-bond donors (Lipinski definition) is 2. The van der Waals surface area contributed by atoms with Crippen LogP contribution < -0.4 is 14.8 Å². The van der Waals surface area contributed by atoms with Crippen molar-refractivity contribution in [3.63, 3.8) is 0 Å². The number of rotatable bonds is 4. The quantitative estimate of drug-likeness (QED) is 0.729. The van der Waals surface area contributed by atoms with Crippen LogP contribution in [0.2, 0.25) is 0 Å². The van der Waals surface area contributed by atoms with Crippen LogP contribution in [0.25, 0.3) is 0 Å². The van der Waals surface area contributed by atoms with Crippen LogP contribution in [0.3, 0.4) is 0 Å². The second kappa shape index (κ2) is 8.73. The van der Waals surface area contributed by atoms with E-state index in [1.807, 2.05) is 45.9 Å². The van der Waals surface area contributed by atoms with Crippen molar-refractivity contribution in [2.45, 2.75) is 50.7 Å². The van der Waals surface area contributed by atoms with Gasteiger partial charge in [0.2, 0.25) is 0 Å². The maximum atomic E-state index is 12.6. The van der Waals surface area contributed by atoms with Gasteiger partial charge in [-0.05, 0) is 57.8 Å². The maximum absolute atomic E-state index is 12.6. The molecule has 1 aliphatic rings. The second-order valence-electron chi connectivity index (χ2n) is 7.71. The monoisotopic (exact) mass is 415 g/mol. The van der Waals surface area contributed by atoms with E-state index >= 15 is 0 Å². The van der Waals surface area contributed by atoms with E-state index in [4.69, 9.17) is 9.47 Å². The standard InChI is InChI=1S/C21H25N3O4S/c1-13-15(19(25)24-29-14-7-10-22-11-8-14)5-6-16-17(9-12-27-18(13)16)23-20(26)28-21(2,3)4/h5-8,10-11,17H,9,12H2,1-4H3,(H,23,26)(H,24,25)/t17-/m0/s1. The first-order valence-corrected chi connectivity index (χ1v) is 10.2. The van der Waals surface area contributed by atoms with Crippen molar-refractivity contribution >= 4 is 23.9 Å². The topological polar surface area (TPSA) is 89.5 Å². The minimum Gasteiger partial charge on any atom is -0.493 e. The average Bonchev–Trinajstić information content (AvgIpc) is 2.66. The lowest BCUT2D eigenvalue weighted by Crippen LogP contribution is -2.37. The molecule has 29 heavy (non-hydrogen) atoms. The Hall–Kier alpha value is -2.74. The Balaban J connectivity index is 1.73. The first kappa shape index (κ1) is 21.0. The van der Waals surface area contributed by atoms with Gasteiger partial charge >= 0.3 is 6.09 Å². The van der Waals surface area contributed by atoms with E-state index in [1.54, 1.807) is 18.5 Å². The molecule has 7 nitrogen and oxygen atoms in total. The molecule has 0 fully saturated rings. The molecule has 1 aliphatic heterocycles. The molecule has 154 valence electrons. The van der Waals surface area contributed by atoms with Gasteiger partial charge in [0.05, 0.1) is 12.6 Å². The van der Waals surface area contributed by atoms with Gasteiger partial charge in [-0.1, -0.05) is 6.07 Å². The summed E-state index contributed by atoms with van der Waals surface area (Å²) in [6, 6.07) is 7.00. The lowest BCUT2D eigenvalue weighted by Gasteiger charge is -2.29. The van der Waals surface area contributed by atoms with E-state index in [9.17, 15) is 9.59 Å². The zero-order chi connectivity index (χ0) is 21.0. The van der Waals surface area contributed by atoms with E-state index in [0.717, 1.165) is 16.0 Å². The van der Waals surface area contributed by atoms with Crippen molar-refractivity contribution in [3.8, 4) is 5.75 Å². The van der Waals surface area contributed by atoms with Gasteiger partial charge < -0.3 is 14.8 Å². The van der Waals surface area contributed by atoms with Crippen LogP contribution in [0.4, 0.5) is 4.79 Å². The van der Waals surface area contributed by atoms with Gasteiger partial charge in [0, 0.05) is 40.4 Å². The summed E-state index contributed by atoms with van der Waals surface area (Å²) in [7, 11) is 0. The van der Waals surface area contributed by atoms with Crippen LogP contribution in [0.5, 0.6) is 5.75 Å². The molecule has 1 aromatic carbocycles. The largest absolute Gasteiger partial charge is 0.493 e. The number of nitrogens with one attached hydrogen (secondary N) is 2. The molecule has 2 N–H and O–H groups in total. The average molecular weight is 416 g/mol. The summed E-state index contributed by atoms with van der Waals surface area (Å²) in [5.74, 6) is 0.428. The van der Waals surface area contributed by atoms with Crippen LogP contribution >= 0.6 is 11.9 Å². The maximum Gasteiger partial charge on any atom is 0.408 e. The van der Waals surface area contributed by atoms with Crippen LogP contribution in [0, 0.1) is 6.92 Å². The fraction of sp³-hybridized carbons (Fsp3) is 0.381. The molecule has 2 heterocycles. The van der Waals surface area contributed by atoms with Crippen LogP contribution in [-0.2, 0) is 4.74 Å². The summed E-state index contributed by atoms with van der Waals surface area (Å²) in [4.78, 5) is 29.7. The molecule has 1 aromatic heterocycles. The minimum atomic E-state index is -0.567. The van der Waals surface area contributed by atoms with Crippen LogP contribution in [0.1, 0.15) is 54.7 Å². The molecule has 2 aromatic rings. The van der Waals surface area contributed by atoms with Crippen molar-refractivity contribution in [1.29, 1.82) is 0 Å². The molecule has 0 saturated carbocycles. The fourth-order valence-corrected chi connectivity index (χ4v) is 3.60. The van der Waals surface area contributed by atoms with Crippen molar-refractivity contribution < 1.29 is 19.1 Å². The number of hydrogen-bond acceptors (Lipinski definition) is 6. The summed E-state index contributed by atoms with van der Waals surface area (Å²) in [6.07, 6.45) is 3.51. The van der Waals surface area contributed by atoms with E-state index < -0.39 is 11.7 Å². The van der Waals surface area contributed by atoms with Gasteiger partial charge in [0.1, 0.15) is 11.4 Å². The molecule has 8 heteroatoms. The van der Waals surface area contributed by atoms with Gasteiger partial charge in [0.15, 0.2) is 0 Å². The zero-order valence-corrected chi connectivity index (χ0v) is 17.8. The summed E-state index contributed by atoms with van der Waals surface area (Å²) in [5, 5.41) is 2.90. The van der Waals surface area contributed by atoms with Crippen molar-refractivity contribution in [1.82, 2.24) is 15.0 Å². The Bertz CT molecular complexity index is 897. The number of benzene rings is 1. The number of ether oxygens (including phenoxy) is 2. The highest BCUT2D eigenvalue weighted by Gasteiger charge is 2.28. The zero-order valence-electron chi connectivity index (χ0n) is 16.9. The highest BCUT2D eigenvalue weighted by molar-refractivity contribution is 7.98. The Labute approximate surface area is 174 Å². The SMILES string of the molecule is Cc1c(C(=O)NSc2ccncc2)ccc2c1OCC[C@@H]2NC(=O)OC(C)(C)C. The molecular formula is C21H25N3O4S.